The van der Waals surface area contributed by atoms with Crippen LogP contribution in [0.25, 0.3) is 86.2 Å². The third-order valence-corrected chi connectivity index (χ3v) is 23.1. The highest BCUT2D eigenvalue weighted by atomic mass is 19.4. The van der Waals surface area contributed by atoms with Gasteiger partial charge in [0.1, 0.15) is 0 Å². The highest BCUT2D eigenvalue weighted by Gasteiger charge is 2.64. The number of benzene rings is 15. The molecule has 0 heterocycles. The van der Waals surface area contributed by atoms with Gasteiger partial charge in [-0.05, 0) is 244 Å². The summed E-state index contributed by atoms with van der Waals surface area (Å²) < 4.78 is 69.7. The Kier molecular flexibility index (Phi) is 55.5. The van der Waals surface area contributed by atoms with Crippen LogP contribution in [0.15, 0.2) is 309 Å². The van der Waals surface area contributed by atoms with Crippen molar-refractivity contribution in [3.63, 3.8) is 0 Å². The summed E-state index contributed by atoms with van der Waals surface area (Å²) in [6.07, 6.45) is -2.07. The fraction of sp³-hybridized carbons (Fsp3) is 0.383. The van der Waals surface area contributed by atoms with Crippen molar-refractivity contribution < 1.29 is 26.3 Å². The highest BCUT2D eigenvalue weighted by Crippen LogP contribution is 2.49. The third-order valence-electron chi connectivity index (χ3n) is 23.1. The molecule has 7 unspecified atom stereocenters. The molecule has 0 spiro atoms. The molecule has 0 bridgehead atoms. The van der Waals surface area contributed by atoms with Gasteiger partial charge in [0, 0.05) is 0 Å². The van der Waals surface area contributed by atoms with Crippen LogP contribution in [0, 0.1) is 5.41 Å². The van der Waals surface area contributed by atoms with Crippen LogP contribution in [-0.2, 0) is 0 Å². The van der Waals surface area contributed by atoms with Crippen LogP contribution < -0.4 is 0 Å². The Labute approximate surface area is 761 Å². The fourth-order valence-electron chi connectivity index (χ4n) is 13.7. The Bertz CT molecular complexity index is 5240. The van der Waals surface area contributed by atoms with E-state index in [9.17, 15) is 26.3 Å². The highest BCUT2D eigenvalue weighted by molar-refractivity contribution is 6.08. The van der Waals surface area contributed by atoms with Crippen LogP contribution in [-0.4, -0.2) is 12.4 Å². The second-order valence-electron chi connectivity index (χ2n) is 31.1. The lowest BCUT2D eigenvalue weighted by Gasteiger charge is -2.29. The van der Waals surface area contributed by atoms with Crippen molar-refractivity contribution in [1.82, 2.24) is 0 Å². The molecule has 0 radical (unpaired) electrons. The van der Waals surface area contributed by atoms with E-state index in [-0.39, 0.29) is 21.3 Å². The smallest absolute Gasteiger partial charge is 0.170 e. The second kappa shape index (κ2) is 61.4. The van der Waals surface area contributed by atoms with Gasteiger partial charge in [-0.25, -0.2) is 0 Å². The maximum absolute atomic E-state index is 11.6. The van der Waals surface area contributed by atoms with E-state index in [1.165, 1.54) is 170 Å². The summed E-state index contributed by atoms with van der Waals surface area (Å²) >= 11 is 0. The SMILES string of the molecule is C.CC.CC.CC.CC.CC.CC.CC(C)(C(F)(F)F)C(F)(F)F.CCC(C)c1c2ccccc2cc2ccccc12.CCC(C)c1ccc2cc3ccccc3cc2c1.CCC(C)c1ccc2ccc3ccccc3c2c1.CCC(C)c1ccc2ccccc2c1.CCC(C)c1cccc2ccccc12.CCC(C)c1ccccc1.CCC(C)c1ccccc1. The molecule has 0 amide bonds. The van der Waals surface area contributed by atoms with Gasteiger partial charge >= 0.3 is 12.4 Å². The Morgan fingerprint density at radius 1 is 0.198 bits per heavy atom. The zero-order chi connectivity index (χ0) is 93.8. The lowest BCUT2D eigenvalue weighted by molar-refractivity contribution is -0.327. The normalized spacial score (nSPS) is 12.1. The first-order valence-corrected chi connectivity index (χ1v) is 47.1. The first-order chi connectivity index (χ1) is 60.2. The molecule has 0 aliphatic heterocycles. The molecule has 0 saturated heterocycles. The maximum atomic E-state index is 11.6. The first-order valence-electron chi connectivity index (χ1n) is 47.1. The van der Waals surface area contributed by atoms with Crippen LogP contribution in [0.4, 0.5) is 26.3 Å². The van der Waals surface area contributed by atoms with Crippen molar-refractivity contribution in [3.8, 4) is 0 Å². The van der Waals surface area contributed by atoms with Gasteiger partial charge in [0.25, 0.3) is 0 Å². The molecular formula is C120H160F6. The molecule has 6 heteroatoms. The van der Waals surface area contributed by atoms with E-state index < -0.39 is 17.8 Å². The summed E-state index contributed by atoms with van der Waals surface area (Å²) in [6.45, 7) is 55.9. The number of halogens is 6. The molecule has 0 aliphatic carbocycles. The average molecular weight is 1720 g/mol. The minimum Gasteiger partial charge on any atom is -0.170 e. The maximum Gasteiger partial charge on any atom is 0.402 e. The average Bonchev–Trinajstić information content (AvgIpc) is 0.766. The largest absolute Gasteiger partial charge is 0.402 e. The van der Waals surface area contributed by atoms with Gasteiger partial charge in [-0.1, -0.05) is 479 Å². The molecule has 0 aliphatic rings. The van der Waals surface area contributed by atoms with Crippen LogP contribution in [0.5, 0.6) is 0 Å². The van der Waals surface area contributed by atoms with Crippen LogP contribution in [0.2, 0.25) is 0 Å². The first kappa shape index (κ1) is 114. The molecule has 15 aromatic carbocycles. The standard InChI is InChI=1S/3C18H18.2C14H16.2C10H14.C5H6F6.6C2H6.CH4/c1-3-13(2)18-16-10-6-4-8-14(16)12-15-9-5-7-11-17(15)18;1-3-13(2)14-8-9-17-11-15-6-4-5-7-16(15)12-18(17)10-14;1-3-13(2)16-11-10-15-9-8-14-6-4-5-7-17(14)18(15)12-16;1-3-11(2)13-10-6-8-12-7-4-5-9-14(12)13;1-3-11(2)13-9-8-12-6-4-5-7-14(12)10-13;2*1-3-9(2)10-7-5-4-6-8-10;1-3(2,4(6,7)8)5(9,10)11;6*1-2;/h3*4-13H,3H2,1-2H3;2*4-11H,3H2,1-2H3;2*4-9H,3H2,1-2H3;1-2H3;6*1-2H3;1H4. The summed E-state index contributed by atoms with van der Waals surface area (Å²) in [4.78, 5) is 0. The van der Waals surface area contributed by atoms with E-state index in [0.717, 1.165) is 0 Å². The van der Waals surface area contributed by atoms with Gasteiger partial charge in [-0.15, -0.1) is 0 Å². The molecule has 0 saturated carbocycles. The van der Waals surface area contributed by atoms with Crippen molar-refractivity contribution in [2.75, 3.05) is 0 Å². The molecule has 0 aromatic heterocycles. The molecule has 682 valence electrons. The van der Waals surface area contributed by atoms with Crippen LogP contribution in [0.1, 0.15) is 327 Å². The van der Waals surface area contributed by atoms with Gasteiger partial charge in [-0.3, -0.25) is 0 Å². The zero-order valence-corrected chi connectivity index (χ0v) is 81.7. The second-order valence-corrected chi connectivity index (χ2v) is 31.1. The van der Waals surface area contributed by atoms with E-state index in [2.05, 4.69) is 406 Å². The third kappa shape index (κ3) is 34.3. The molecule has 7 atom stereocenters. The van der Waals surface area contributed by atoms with Gasteiger partial charge in [0.05, 0.1) is 0 Å². The summed E-state index contributed by atoms with van der Waals surface area (Å²) in [7, 11) is 0. The number of rotatable bonds is 14. The van der Waals surface area contributed by atoms with Crippen molar-refractivity contribution >= 4 is 86.2 Å². The van der Waals surface area contributed by atoms with Crippen molar-refractivity contribution in [2.24, 2.45) is 5.41 Å². The molecule has 126 heavy (non-hydrogen) atoms. The summed E-state index contributed by atoms with van der Waals surface area (Å²) in [6, 6.07) is 112. The van der Waals surface area contributed by atoms with E-state index >= 15 is 0 Å². The number of alkyl halides is 6. The Morgan fingerprint density at radius 2 is 0.444 bits per heavy atom. The van der Waals surface area contributed by atoms with E-state index in [4.69, 9.17) is 0 Å². The Balaban J connectivity index is 0.000000713. The number of hydrogen-bond donors (Lipinski definition) is 0. The summed E-state index contributed by atoms with van der Waals surface area (Å²) in [5.74, 6) is 4.61. The predicted octanol–water partition coefficient (Wildman–Crippen LogP) is 41.6. The monoisotopic (exact) mass is 1720 g/mol. The summed E-state index contributed by atoms with van der Waals surface area (Å²) in [5.41, 5.74) is 6.60. The van der Waals surface area contributed by atoms with E-state index in [0.29, 0.717) is 41.4 Å². The molecule has 0 N–H and O–H groups in total. The van der Waals surface area contributed by atoms with Crippen molar-refractivity contribution in [2.45, 2.75) is 300 Å². The van der Waals surface area contributed by atoms with E-state index in [1.54, 1.807) is 0 Å². The number of hydrogen-bond acceptors (Lipinski definition) is 0. The lowest BCUT2D eigenvalue weighted by atomic mass is 9.88. The Morgan fingerprint density at radius 3 is 0.825 bits per heavy atom. The van der Waals surface area contributed by atoms with Gasteiger partial charge < -0.3 is 0 Å². The topological polar surface area (TPSA) is 0 Å². The van der Waals surface area contributed by atoms with Crippen LogP contribution >= 0.6 is 0 Å². The minimum atomic E-state index is -5.24. The lowest BCUT2D eigenvalue weighted by Crippen LogP contribution is -2.44. The quantitative estimate of drug-likeness (QED) is 0.0578. The molecule has 0 nitrogen and oxygen atoms in total. The van der Waals surface area contributed by atoms with Gasteiger partial charge in [-0.2, -0.15) is 26.3 Å². The van der Waals surface area contributed by atoms with Crippen molar-refractivity contribution in [3.05, 3.63) is 348 Å². The number of fused-ring (bicyclic) bond motifs is 9. The fourth-order valence-corrected chi connectivity index (χ4v) is 13.7. The minimum absolute atomic E-state index is 0. The van der Waals surface area contributed by atoms with E-state index in [1.807, 2.05) is 83.1 Å². The van der Waals surface area contributed by atoms with Crippen molar-refractivity contribution in [1.29, 1.82) is 0 Å². The van der Waals surface area contributed by atoms with Gasteiger partial charge in [0.2, 0.25) is 0 Å². The van der Waals surface area contributed by atoms with Gasteiger partial charge in [0.15, 0.2) is 5.41 Å². The molecule has 0 fully saturated rings. The molecule has 15 rings (SSSR count). The molecular weight excluding hydrogens is 1560 g/mol. The van der Waals surface area contributed by atoms with Crippen LogP contribution in [0.3, 0.4) is 0 Å². The zero-order valence-electron chi connectivity index (χ0n) is 81.7. The predicted molar refractivity (Wildman–Crippen MR) is 557 cm³/mol. The summed E-state index contributed by atoms with van der Waals surface area (Å²) in [5, 5.41) is 21.7. The Hall–Kier alpha value is -10.0. The molecule has 15 aromatic rings.